The summed E-state index contributed by atoms with van der Waals surface area (Å²) < 4.78 is 4.95. The normalized spacial score (nSPS) is 10.5. The maximum atomic E-state index is 12.1. The average molecular weight is 316 g/mol. The molecule has 2 heterocycles. The highest BCUT2D eigenvalue weighted by atomic mass is 35.5. The Morgan fingerprint density at radius 2 is 2.18 bits per heavy atom. The highest BCUT2D eigenvalue weighted by Crippen LogP contribution is 2.23. The molecule has 3 rings (SSSR count). The summed E-state index contributed by atoms with van der Waals surface area (Å²) in [5.74, 6) is -0.492. The molecule has 22 heavy (non-hydrogen) atoms. The minimum absolute atomic E-state index is 0.167. The van der Waals surface area contributed by atoms with Crippen LogP contribution in [0.25, 0.3) is 11.5 Å². The Labute approximate surface area is 130 Å². The second-order valence-electron chi connectivity index (χ2n) is 4.38. The van der Waals surface area contributed by atoms with Crippen LogP contribution in [-0.4, -0.2) is 26.0 Å². The average Bonchev–Trinajstić information content (AvgIpc) is 3.03. The highest BCUT2D eigenvalue weighted by Gasteiger charge is 2.18. The number of nitrogens with one attached hydrogen (secondary N) is 1. The molecule has 0 aliphatic heterocycles. The van der Waals surface area contributed by atoms with Crippen molar-refractivity contribution >= 4 is 23.2 Å². The Morgan fingerprint density at radius 1 is 1.32 bits per heavy atom. The predicted octanol–water partition coefficient (Wildman–Crippen LogP) is 2.74. The van der Waals surface area contributed by atoms with E-state index in [1.165, 1.54) is 18.6 Å². The molecule has 0 spiro atoms. The molecule has 0 saturated heterocycles. The number of halogens is 1. The summed E-state index contributed by atoms with van der Waals surface area (Å²) in [5, 5.41) is 6.95. The minimum atomic E-state index is -0.520. The summed E-state index contributed by atoms with van der Waals surface area (Å²) in [5.41, 5.74) is 1.76. The SMILES string of the molecule is Cc1c(Cl)cccc1NC(=O)c1nc(-c2cnccn2)no1. The molecular weight excluding hydrogens is 306 g/mol. The number of aromatic nitrogens is 4. The van der Waals surface area contributed by atoms with Crippen molar-refractivity contribution in [3.05, 3.63) is 53.3 Å². The summed E-state index contributed by atoms with van der Waals surface area (Å²) in [6.07, 6.45) is 4.51. The number of benzene rings is 1. The zero-order valence-electron chi connectivity index (χ0n) is 11.4. The van der Waals surface area contributed by atoms with Crippen LogP contribution in [0, 0.1) is 6.92 Å². The fraction of sp³-hybridized carbons (Fsp3) is 0.0714. The van der Waals surface area contributed by atoms with Crippen LogP contribution in [0.5, 0.6) is 0 Å². The van der Waals surface area contributed by atoms with E-state index in [9.17, 15) is 4.79 Å². The molecule has 1 aromatic carbocycles. The molecule has 3 aromatic rings. The van der Waals surface area contributed by atoms with Gasteiger partial charge in [-0.15, -0.1) is 0 Å². The van der Waals surface area contributed by atoms with E-state index in [1.807, 2.05) is 0 Å². The maximum absolute atomic E-state index is 12.1. The van der Waals surface area contributed by atoms with Crippen LogP contribution in [0.15, 0.2) is 41.3 Å². The molecular formula is C14H10ClN5O2. The van der Waals surface area contributed by atoms with Gasteiger partial charge in [0, 0.05) is 23.1 Å². The molecule has 0 bridgehead atoms. The number of rotatable bonds is 3. The fourth-order valence-electron chi connectivity index (χ4n) is 1.75. The van der Waals surface area contributed by atoms with E-state index in [0.717, 1.165) is 5.56 Å². The largest absolute Gasteiger partial charge is 0.328 e. The van der Waals surface area contributed by atoms with Gasteiger partial charge in [-0.05, 0) is 24.6 Å². The van der Waals surface area contributed by atoms with Gasteiger partial charge in [-0.1, -0.05) is 22.8 Å². The molecule has 0 aliphatic rings. The van der Waals surface area contributed by atoms with Gasteiger partial charge in [-0.3, -0.25) is 9.78 Å². The summed E-state index contributed by atoms with van der Waals surface area (Å²) in [6.45, 7) is 1.80. The van der Waals surface area contributed by atoms with Crippen LogP contribution in [0.3, 0.4) is 0 Å². The monoisotopic (exact) mass is 315 g/mol. The van der Waals surface area contributed by atoms with E-state index >= 15 is 0 Å². The third-order valence-corrected chi connectivity index (χ3v) is 3.34. The number of amides is 1. The molecule has 0 radical (unpaired) electrons. The Hall–Kier alpha value is -2.80. The maximum Gasteiger partial charge on any atom is 0.316 e. The lowest BCUT2D eigenvalue weighted by Crippen LogP contribution is -2.13. The van der Waals surface area contributed by atoms with Gasteiger partial charge in [0.1, 0.15) is 5.69 Å². The van der Waals surface area contributed by atoms with Crippen molar-refractivity contribution in [2.24, 2.45) is 0 Å². The lowest BCUT2D eigenvalue weighted by Gasteiger charge is -2.07. The van der Waals surface area contributed by atoms with Crippen LogP contribution in [0.2, 0.25) is 5.02 Å². The fourth-order valence-corrected chi connectivity index (χ4v) is 1.93. The third kappa shape index (κ3) is 2.79. The van der Waals surface area contributed by atoms with Crippen molar-refractivity contribution in [3.8, 4) is 11.5 Å². The van der Waals surface area contributed by atoms with Gasteiger partial charge in [0.05, 0.1) is 6.20 Å². The van der Waals surface area contributed by atoms with E-state index in [1.54, 1.807) is 25.1 Å². The standard InChI is InChI=1S/C14H10ClN5O2/c1-8-9(15)3-2-4-10(8)18-13(21)14-19-12(20-22-14)11-7-16-5-6-17-11/h2-7H,1H3,(H,18,21). The van der Waals surface area contributed by atoms with Gasteiger partial charge in [0.2, 0.25) is 5.82 Å². The van der Waals surface area contributed by atoms with Crippen LogP contribution < -0.4 is 5.32 Å². The zero-order chi connectivity index (χ0) is 15.5. The predicted molar refractivity (Wildman–Crippen MR) is 79.5 cm³/mol. The molecule has 110 valence electrons. The smallest absolute Gasteiger partial charge is 0.316 e. The number of carbonyl (C=O) groups excluding carboxylic acids is 1. The number of hydrogen-bond donors (Lipinski definition) is 1. The second kappa shape index (κ2) is 5.90. The van der Waals surface area contributed by atoms with Crippen LogP contribution in [-0.2, 0) is 0 Å². The molecule has 1 N–H and O–H groups in total. The first kappa shape index (κ1) is 14.2. The summed E-state index contributed by atoms with van der Waals surface area (Å²) in [7, 11) is 0. The molecule has 0 aliphatic carbocycles. The molecule has 7 nitrogen and oxygen atoms in total. The first-order chi connectivity index (χ1) is 10.6. The van der Waals surface area contributed by atoms with E-state index in [2.05, 4.69) is 25.4 Å². The Bertz CT molecular complexity index is 819. The van der Waals surface area contributed by atoms with Gasteiger partial charge in [0.25, 0.3) is 0 Å². The van der Waals surface area contributed by atoms with Gasteiger partial charge >= 0.3 is 11.8 Å². The first-order valence-corrected chi connectivity index (χ1v) is 6.69. The van der Waals surface area contributed by atoms with Crippen molar-refractivity contribution in [2.75, 3.05) is 5.32 Å². The molecule has 0 saturated carbocycles. The van der Waals surface area contributed by atoms with Crippen LogP contribution in [0.4, 0.5) is 5.69 Å². The van der Waals surface area contributed by atoms with Crippen molar-refractivity contribution in [1.29, 1.82) is 0 Å². The number of carbonyl (C=O) groups is 1. The summed E-state index contributed by atoms with van der Waals surface area (Å²) in [4.78, 5) is 24.1. The van der Waals surface area contributed by atoms with Gasteiger partial charge in [0.15, 0.2) is 0 Å². The van der Waals surface area contributed by atoms with E-state index in [-0.39, 0.29) is 11.7 Å². The summed E-state index contributed by atoms with van der Waals surface area (Å²) >= 11 is 6.01. The quantitative estimate of drug-likeness (QED) is 0.798. The Balaban J connectivity index is 1.82. The molecule has 2 aromatic heterocycles. The lowest BCUT2D eigenvalue weighted by atomic mass is 10.2. The van der Waals surface area contributed by atoms with E-state index in [4.69, 9.17) is 16.1 Å². The van der Waals surface area contributed by atoms with Crippen molar-refractivity contribution in [3.63, 3.8) is 0 Å². The topological polar surface area (TPSA) is 93.8 Å². The second-order valence-corrected chi connectivity index (χ2v) is 4.79. The van der Waals surface area contributed by atoms with Gasteiger partial charge in [-0.25, -0.2) is 4.98 Å². The number of hydrogen-bond acceptors (Lipinski definition) is 6. The molecule has 0 unspecified atom stereocenters. The number of nitrogens with zero attached hydrogens (tertiary/aromatic N) is 4. The molecule has 0 atom stereocenters. The lowest BCUT2D eigenvalue weighted by molar-refractivity contribution is 0.0981. The van der Waals surface area contributed by atoms with E-state index in [0.29, 0.717) is 16.4 Å². The van der Waals surface area contributed by atoms with Crippen molar-refractivity contribution < 1.29 is 9.32 Å². The van der Waals surface area contributed by atoms with Crippen molar-refractivity contribution in [1.82, 2.24) is 20.1 Å². The van der Waals surface area contributed by atoms with Crippen LogP contribution in [0.1, 0.15) is 16.2 Å². The van der Waals surface area contributed by atoms with Crippen molar-refractivity contribution in [2.45, 2.75) is 6.92 Å². The minimum Gasteiger partial charge on any atom is -0.328 e. The number of anilines is 1. The summed E-state index contributed by atoms with van der Waals surface area (Å²) in [6, 6.07) is 5.22. The molecule has 0 fully saturated rings. The van der Waals surface area contributed by atoms with Gasteiger partial charge in [-0.2, -0.15) is 4.98 Å². The van der Waals surface area contributed by atoms with Crippen LogP contribution >= 0.6 is 11.6 Å². The zero-order valence-corrected chi connectivity index (χ0v) is 12.2. The molecule has 1 amide bonds. The van der Waals surface area contributed by atoms with E-state index < -0.39 is 5.91 Å². The highest BCUT2D eigenvalue weighted by molar-refractivity contribution is 6.31. The Kier molecular flexibility index (Phi) is 3.80. The van der Waals surface area contributed by atoms with Gasteiger partial charge < -0.3 is 9.84 Å². The molecule has 8 heteroatoms. The first-order valence-electron chi connectivity index (χ1n) is 6.31. The Morgan fingerprint density at radius 3 is 2.95 bits per heavy atom. The third-order valence-electron chi connectivity index (χ3n) is 2.93.